The summed E-state index contributed by atoms with van der Waals surface area (Å²) < 4.78 is 9.53. The standard InChI is InChI=1S/C76H57N7/c1-76(72-36-20-22-54-77-72,73-52-50-70(81(73)63-32-16-6-17-33-63)68-48-46-66(58-24-8-2-9-25-58)79(68)61-28-12-4-13-29-61)60-42-38-56(39-43-60)57-40-44-65(45-41-57)83(74-37-21-23-55-78-74)75-53-51-71(82(75)64-34-18-7-19-35-64)69-49-47-67(59-26-10-3-11-27-59)80(69)62-30-14-5-15-31-62/h2-55H,1H3. The first-order chi connectivity index (χ1) is 41.1. The normalized spacial score (nSPS) is 12.0. The highest BCUT2D eigenvalue weighted by atomic mass is 15.3. The molecule has 396 valence electrons. The minimum absolute atomic E-state index is 0.689. The van der Waals surface area contributed by atoms with Crippen molar-refractivity contribution in [1.29, 1.82) is 0 Å². The maximum absolute atomic E-state index is 5.13. The van der Waals surface area contributed by atoms with Gasteiger partial charge in [-0.15, -0.1) is 0 Å². The van der Waals surface area contributed by atoms with Crippen molar-refractivity contribution in [2.75, 3.05) is 4.90 Å². The van der Waals surface area contributed by atoms with Crippen LogP contribution in [0.3, 0.4) is 0 Å². The fourth-order valence-electron chi connectivity index (χ4n) is 11.9. The van der Waals surface area contributed by atoms with Crippen LogP contribution >= 0.6 is 0 Å². The van der Waals surface area contributed by atoms with E-state index >= 15 is 0 Å². The SMILES string of the molecule is CC(c1ccc(-c2ccc(N(c3ccccn3)c3ccc(-c4ccc(-c5ccccc5)n4-c4ccccc4)n3-c3ccccc3)cc2)cc1)(c1ccccn1)c1ccc(-c2ccc(-c3ccccc3)n2-c2ccccc2)n1-c1ccccc1. The first kappa shape index (κ1) is 50.2. The van der Waals surface area contributed by atoms with E-state index in [1.807, 2.05) is 24.5 Å². The highest BCUT2D eigenvalue weighted by Gasteiger charge is 2.37. The monoisotopic (exact) mass is 1070 g/mol. The molecule has 0 radical (unpaired) electrons. The van der Waals surface area contributed by atoms with Crippen molar-refractivity contribution >= 4 is 17.3 Å². The van der Waals surface area contributed by atoms with Crippen molar-refractivity contribution in [1.82, 2.24) is 28.2 Å². The highest BCUT2D eigenvalue weighted by Crippen LogP contribution is 2.45. The van der Waals surface area contributed by atoms with E-state index in [0.717, 1.165) is 113 Å². The lowest BCUT2D eigenvalue weighted by Gasteiger charge is -2.32. The topological polar surface area (TPSA) is 48.7 Å². The summed E-state index contributed by atoms with van der Waals surface area (Å²) in [5.41, 5.74) is 18.7. The van der Waals surface area contributed by atoms with Gasteiger partial charge in [0.05, 0.1) is 45.3 Å². The van der Waals surface area contributed by atoms with Crippen molar-refractivity contribution in [3.63, 3.8) is 0 Å². The summed E-state index contributed by atoms with van der Waals surface area (Å²) in [7, 11) is 0. The number of nitrogens with zero attached hydrogens (tertiary/aromatic N) is 7. The maximum Gasteiger partial charge on any atom is 0.138 e. The van der Waals surface area contributed by atoms with E-state index < -0.39 is 5.41 Å². The summed E-state index contributed by atoms with van der Waals surface area (Å²) in [6.45, 7) is 2.31. The third-order valence-corrected chi connectivity index (χ3v) is 15.9. The lowest BCUT2D eigenvalue weighted by molar-refractivity contribution is 0.627. The number of para-hydroxylation sites is 4. The van der Waals surface area contributed by atoms with Crippen LogP contribution in [0, 0.1) is 0 Å². The van der Waals surface area contributed by atoms with Crippen LogP contribution in [0.1, 0.15) is 23.9 Å². The molecular weight excluding hydrogens is 1010 g/mol. The molecule has 0 aliphatic heterocycles. The Hall–Kier alpha value is -11.0. The predicted molar refractivity (Wildman–Crippen MR) is 340 cm³/mol. The number of aromatic nitrogens is 6. The molecule has 1 unspecified atom stereocenters. The number of pyridine rings is 2. The Morgan fingerprint density at radius 1 is 0.289 bits per heavy atom. The van der Waals surface area contributed by atoms with E-state index in [9.17, 15) is 0 Å². The van der Waals surface area contributed by atoms with E-state index in [2.05, 4.69) is 333 Å². The molecule has 0 aliphatic carbocycles. The Morgan fingerprint density at radius 2 is 0.675 bits per heavy atom. The van der Waals surface area contributed by atoms with Crippen LogP contribution in [0.15, 0.2) is 328 Å². The quantitative estimate of drug-likeness (QED) is 0.103. The van der Waals surface area contributed by atoms with Crippen molar-refractivity contribution in [2.24, 2.45) is 0 Å². The largest absolute Gasteiger partial charge is 0.311 e. The van der Waals surface area contributed by atoms with Gasteiger partial charge in [-0.1, -0.05) is 182 Å². The van der Waals surface area contributed by atoms with E-state index in [-0.39, 0.29) is 0 Å². The summed E-state index contributed by atoms with van der Waals surface area (Å²) in [6.07, 6.45) is 3.77. The van der Waals surface area contributed by atoms with Gasteiger partial charge in [0, 0.05) is 46.5 Å². The Bertz CT molecular complexity index is 4440. The molecule has 83 heavy (non-hydrogen) atoms. The zero-order valence-corrected chi connectivity index (χ0v) is 45.8. The molecule has 0 aliphatic rings. The highest BCUT2D eigenvalue weighted by molar-refractivity contribution is 5.82. The van der Waals surface area contributed by atoms with Crippen LogP contribution in [0.4, 0.5) is 17.3 Å². The molecule has 0 spiro atoms. The molecule has 0 bridgehead atoms. The van der Waals surface area contributed by atoms with Crippen LogP contribution in [-0.2, 0) is 5.41 Å². The second kappa shape index (κ2) is 21.9. The molecule has 0 fully saturated rings. The summed E-state index contributed by atoms with van der Waals surface area (Å²) in [5, 5.41) is 0. The van der Waals surface area contributed by atoms with Crippen molar-refractivity contribution < 1.29 is 0 Å². The first-order valence-corrected chi connectivity index (χ1v) is 28.1. The third kappa shape index (κ3) is 9.26. The first-order valence-electron chi connectivity index (χ1n) is 28.1. The number of benzene rings is 8. The summed E-state index contributed by atoms with van der Waals surface area (Å²) >= 11 is 0. The lowest BCUT2D eigenvalue weighted by atomic mass is 9.75. The van der Waals surface area contributed by atoms with Crippen LogP contribution in [0.5, 0.6) is 0 Å². The fraction of sp³-hybridized carbons (Fsp3) is 0.0263. The molecule has 0 saturated carbocycles. The number of anilines is 3. The second-order valence-corrected chi connectivity index (χ2v) is 20.8. The molecular formula is C76H57N7. The van der Waals surface area contributed by atoms with E-state index in [4.69, 9.17) is 9.97 Å². The molecule has 0 amide bonds. The zero-order valence-electron chi connectivity index (χ0n) is 45.8. The lowest BCUT2D eigenvalue weighted by Crippen LogP contribution is -2.29. The molecule has 1 atom stereocenters. The Labute approximate surface area is 484 Å². The molecule has 0 N–H and O–H groups in total. The van der Waals surface area contributed by atoms with Gasteiger partial charge in [-0.3, -0.25) is 14.5 Å². The molecule has 8 aromatic carbocycles. The van der Waals surface area contributed by atoms with Gasteiger partial charge < -0.3 is 13.7 Å². The van der Waals surface area contributed by atoms with E-state index in [1.54, 1.807) is 0 Å². The van der Waals surface area contributed by atoms with Crippen LogP contribution in [0.2, 0.25) is 0 Å². The molecule has 14 rings (SSSR count). The molecule has 6 heterocycles. The Morgan fingerprint density at radius 3 is 1.16 bits per heavy atom. The fourth-order valence-corrected chi connectivity index (χ4v) is 11.9. The Balaban J connectivity index is 0.863. The van der Waals surface area contributed by atoms with Crippen LogP contribution in [-0.4, -0.2) is 28.2 Å². The van der Waals surface area contributed by atoms with Gasteiger partial charge in [-0.05, 0) is 168 Å². The molecule has 7 heteroatoms. The number of rotatable bonds is 15. The van der Waals surface area contributed by atoms with Gasteiger partial charge in [-0.25, -0.2) is 4.98 Å². The van der Waals surface area contributed by atoms with Gasteiger partial charge in [0.1, 0.15) is 11.6 Å². The van der Waals surface area contributed by atoms with Crippen LogP contribution < -0.4 is 4.90 Å². The van der Waals surface area contributed by atoms with Crippen molar-refractivity contribution in [2.45, 2.75) is 12.3 Å². The maximum atomic E-state index is 5.13. The molecule has 7 nitrogen and oxygen atoms in total. The van der Waals surface area contributed by atoms with E-state index in [1.165, 1.54) is 0 Å². The van der Waals surface area contributed by atoms with Crippen molar-refractivity contribution in [3.8, 4) is 79.2 Å². The van der Waals surface area contributed by atoms with Gasteiger partial charge in [0.15, 0.2) is 0 Å². The molecule has 6 aromatic heterocycles. The summed E-state index contributed by atoms with van der Waals surface area (Å²) in [5.74, 6) is 1.75. The van der Waals surface area contributed by atoms with Gasteiger partial charge in [0.2, 0.25) is 0 Å². The number of hydrogen-bond acceptors (Lipinski definition) is 3. The molecule has 0 saturated heterocycles. The van der Waals surface area contributed by atoms with Gasteiger partial charge in [0.25, 0.3) is 0 Å². The average molecular weight is 1070 g/mol. The summed E-state index contributed by atoms with van der Waals surface area (Å²) in [6, 6.07) is 112. The van der Waals surface area contributed by atoms with Crippen molar-refractivity contribution in [3.05, 3.63) is 345 Å². The minimum atomic E-state index is -0.689. The molecule has 14 aromatic rings. The summed E-state index contributed by atoms with van der Waals surface area (Å²) in [4.78, 5) is 12.4. The minimum Gasteiger partial charge on any atom is -0.311 e. The van der Waals surface area contributed by atoms with Gasteiger partial charge >= 0.3 is 0 Å². The van der Waals surface area contributed by atoms with E-state index in [0.29, 0.717) is 0 Å². The predicted octanol–water partition coefficient (Wildman–Crippen LogP) is 18.8. The average Bonchev–Trinajstić information content (AvgIpc) is 3.28. The van der Waals surface area contributed by atoms with Crippen LogP contribution in [0.25, 0.3) is 79.2 Å². The zero-order chi connectivity index (χ0) is 55.5. The smallest absolute Gasteiger partial charge is 0.138 e. The third-order valence-electron chi connectivity index (χ3n) is 15.9. The Kier molecular flexibility index (Phi) is 13.3. The van der Waals surface area contributed by atoms with Gasteiger partial charge in [-0.2, -0.15) is 0 Å². The second-order valence-electron chi connectivity index (χ2n) is 20.8. The number of hydrogen-bond donors (Lipinski definition) is 0.